The maximum atomic E-state index is 11.2. The van der Waals surface area contributed by atoms with E-state index < -0.39 is 5.97 Å². The van der Waals surface area contributed by atoms with E-state index in [1.54, 1.807) is 10.7 Å². The van der Waals surface area contributed by atoms with Crippen LogP contribution >= 0.6 is 11.6 Å². The van der Waals surface area contributed by atoms with Crippen LogP contribution in [0.2, 0.25) is 5.02 Å². The number of anilines is 3. The van der Waals surface area contributed by atoms with Crippen molar-refractivity contribution in [3.05, 3.63) is 28.8 Å². The topological polar surface area (TPSA) is 138 Å². The molecule has 0 fully saturated rings. The van der Waals surface area contributed by atoms with Gasteiger partial charge in [-0.3, -0.25) is 0 Å². The Morgan fingerprint density at radius 2 is 1.97 bits per heavy atom. The average molecular weight is 434 g/mol. The summed E-state index contributed by atoms with van der Waals surface area (Å²) in [5.41, 5.74) is 1.53. The van der Waals surface area contributed by atoms with Gasteiger partial charge in [0.15, 0.2) is 17.0 Å². The Hall–Kier alpha value is -2.98. The number of fused-ring (bicyclic) bond motifs is 1. The lowest BCUT2D eigenvalue weighted by atomic mass is 10.1. The summed E-state index contributed by atoms with van der Waals surface area (Å²) in [4.78, 5) is 20.2. The molecule has 2 aromatic heterocycles. The zero-order valence-corrected chi connectivity index (χ0v) is 17.8. The highest BCUT2D eigenvalue weighted by Crippen LogP contribution is 2.28. The number of hydrogen-bond acceptors (Lipinski definition) is 8. The van der Waals surface area contributed by atoms with E-state index in [1.807, 2.05) is 27.7 Å². The van der Waals surface area contributed by atoms with E-state index in [1.165, 1.54) is 12.1 Å². The molecule has 3 rings (SSSR count). The molecule has 0 spiro atoms. The van der Waals surface area contributed by atoms with Gasteiger partial charge in [-0.2, -0.15) is 9.97 Å². The lowest BCUT2D eigenvalue weighted by molar-refractivity contribution is 0.0697. The van der Waals surface area contributed by atoms with Gasteiger partial charge < -0.3 is 20.8 Å². The van der Waals surface area contributed by atoms with Crippen molar-refractivity contribution >= 4 is 46.2 Å². The van der Waals surface area contributed by atoms with Crippen LogP contribution in [0.3, 0.4) is 0 Å². The fourth-order valence-electron chi connectivity index (χ4n) is 2.82. The number of aliphatic hydroxyl groups excluding tert-OH is 1. The molecule has 0 bridgehead atoms. The molecule has 0 aliphatic carbocycles. The van der Waals surface area contributed by atoms with Crippen molar-refractivity contribution < 1.29 is 15.0 Å². The molecule has 1 aromatic carbocycles. The standard InChI is InChI=1S/C19H24ClN7O3/c1-9(2)14(8-28)22-19-23-16(15-17(24-19)27(10(3)4)26-25-15)21-11-5-6-12(18(29)30)13(20)7-11/h5-7,9-10,14,28H,8H2,1-4H3,(H,29,30)(H2,21,22,23,24)/t14-/m0/s1. The lowest BCUT2D eigenvalue weighted by Gasteiger charge is -2.20. The molecule has 11 heteroatoms. The second-order valence-corrected chi connectivity index (χ2v) is 7.91. The smallest absolute Gasteiger partial charge is 0.337 e. The molecule has 0 saturated carbocycles. The van der Waals surface area contributed by atoms with Crippen LogP contribution in [0.4, 0.5) is 17.5 Å². The molecule has 0 amide bonds. The van der Waals surface area contributed by atoms with Gasteiger partial charge in [0, 0.05) is 5.69 Å². The number of hydrogen-bond donors (Lipinski definition) is 4. The van der Waals surface area contributed by atoms with E-state index in [4.69, 9.17) is 16.7 Å². The van der Waals surface area contributed by atoms with E-state index in [2.05, 4.69) is 30.9 Å². The fourth-order valence-corrected chi connectivity index (χ4v) is 3.08. The molecule has 0 aliphatic heterocycles. The molecule has 2 heterocycles. The van der Waals surface area contributed by atoms with Gasteiger partial charge >= 0.3 is 5.97 Å². The third-order valence-corrected chi connectivity index (χ3v) is 4.90. The maximum Gasteiger partial charge on any atom is 0.337 e. The van der Waals surface area contributed by atoms with Gasteiger partial charge in [-0.25, -0.2) is 9.48 Å². The molecule has 30 heavy (non-hydrogen) atoms. The van der Waals surface area contributed by atoms with E-state index >= 15 is 0 Å². The second-order valence-electron chi connectivity index (χ2n) is 7.50. The van der Waals surface area contributed by atoms with Crippen molar-refractivity contribution in [1.29, 1.82) is 0 Å². The molecule has 0 radical (unpaired) electrons. The van der Waals surface area contributed by atoms with Crippen molar-refractivity contribution in [3.8, 4) is 0 Å². The molecule has 0 saturated heterocycles. The first-order valence-corrected chi connectivity index (χ1v) is 9.89. The third-order valence-electron chi connectivity index (χ3n) is 4.59. The SMILES string of the molecule is CC(C)[C@H](CO)Nc1nc(Nc2ccc(C(=O)O)c(Cl)c2)c2nnn(C(C)C)c2n1. The number of carboxylic acid groups (broad SMARTS) is 1. The first kappa shape index (κ1) is 21.7. The van der Waals surface area contributed by atoms with Crippen LogP contribution in [0.1, 0.15) is 44.1 Å². The van der Waals surface area contributed by atoms with Gasteiger partial charge in [-0.1, -0.05) is 30.7 Å². The highest BCUT2D eigenvalue weighted by molar-refractivity contribution is 6.33. The highest BCUT2D eigenvalue weighted by atomic mass is 35.5. The van der Waals surface area contributed by atoms with Gasteiger partial charge in [0.05, 0.1) is 29.3 Å². The van der Waals surface area contributed by atoms with Crippen molar-refractivity contribution in [2.45, 2.75) is 39.8 Å². The quantitative estimate of drug-likeness (QED) is 0.421. The summed E-state index contributed by atoms with van der Waals surface area (Å²) in [6.45, 7) is 7.82. The predicted molar refractivity (Wildman–Crippen MR) is 115 cm³/mol. The largest absolute Gasteiger partial charge is 0.478 e. The molecule has 1 atom stereocenters. The number of carbonyl (C=O) groups is 1. The van der Waals surface area contributed by atoms with E-state index in [0.29, 0.717) is 28.6 Å². The zero-order valence-electron chi connectivity index (χ0n) is 17.1. The third kappa shape index (κ3) is 4.44. The Bertz CT molecular complexity index is 1070. The Kier molecular flexibility index (Phi) is 6.37. The minimum absolute atomic E-state index is 0.00544. The Morgan fingerprint density at radius 3 is 2.53 bits per heavy atom. The number of carboxylic acids is 1. The van der Waals surface area contributed by atoms with Crippen LogP contribution in [-0.2, 0) is 0 Å². The summed E-state index contributed by atoms with van der Waals surface area (Å²) in [5, 5.41) is 33.6. The van der Waals surface area contributed by atoms with E-state index in [9.17, 15) is 9.90 Å². The number of aromatic carboxylic acids is 1. The summed E-state index contributed by atoms with van der Waals surface area (Å²) in [7, 11) is 0. The second kappa shape index (κ2) is 8.80. The lowest BCUT2D eigenvalue weighted by Crippen LogP contribution is -2.30. The number of nitrogens with one attached hydrogen (secondary N) is 2. The van der Waals surface area contributed by atoms with Crippen LogP contribution in [0.25, 0.3) is 11.2 Å². The van der Waals surface area contributed by atoms with Gasteiger partial charge in [0.2, 0.25) is 5.95 Å². The molecular weight excluding hydrogens is 410 g/mol. The van der Waals surface area contributed by atoms with Crippen molar-refractivity contribution in [2.75, 3.05) is 17.2 Å². The van der Waals surface area contributed by atoms with E-state index in [-0.39, 0.29) is 35.2 Å². The zero-order chi connectivity index (χ0) is 22.0. The molecular formula is C19H24ClN7O3. The van der Waals surface area contributed by atoms with Gasteiger partial charge in [0.25, 0.3) is 0 Å². The molecule has 160 valence electrons. The van der Waals surface area contributed by atoms with Crippen LogP contribution in [0, 0.1) is 5.92 Å². The van der Waals surface area contributed by atoms with Crippen molar-refractivity contribution in [3.63, 3.8) is 0 Å². The summed E-state index contributed by atoms with van der Waals surface area (Å²) in [5.74, 6) is -0.253. The number of aliphatic hydroxyl groups is 1. The van der Waals surface area contributed by atoms with Crippen LogP contribution in [-0.4, -0.2) is 53.8 Å². The van der Waals surface area contributed by atoms with Crippen LogP contribution in [0.15, 0.2) is 18.2 Å². The summed E-state index contributed by atoms with van der Waals surface area (Å²) in [6.07, 6.45) is 0. The minimum Gasteiger partial charge on any atom is -0.478 e. The number of halogens is 1. The van der Waals surface area contributed by atoms with Crippen LogP contribution in [0.5, 0.6) is 0 Å². The molecule has 0 unspecified atom stereocenters. The Morgan fingerprint density at radius 1 is 1.23 bits per heavy atom. The monoisotopic (exact) mass is 433 g/mol. The van der Waals surface area contributed by atoms with Gasteiger partial charge in [-0.05, 0) is 38.0 Å². The Labute approximate surface area is 178 Å². The molecule has 0 aliphatic rings. The number of rotatable bonds is 8. The average Bonchev–Trinajstić information content (AvgIpc) is 3.10. The highest BCUT2D eigenvalue weighted by Gasteiger charge is 2.20. The first-order valence-electron chi connectivity index (χ1n) is 9.51. The van der Waals surface area contributed by atoms with Crippen LogP contribution < -0.4 is 10.6 Å². The first-order chi connectivity index (χ1) is 14.2. The maximum absolute atomic E-state index is 11.2. The van der Waals surface area contributed by atoms with Crippen molar-refractivity contribution in [2.24, 2.45) is 5.92 Å². The van der Waals surface area contributed by atoms with Gasteiger partial charge in [-0.15, -0.1) is 5.10 Å². The number of aromatic nitrogens is 5. The van der Waals surface area contributed by atoms with E-state index in [0.717, 1.165) is 0 Å². The normalized spacial score (nSPS) is 12.5. The summed E-state index contributed by atoms with van der Waals surface area (Å²) < 4.78 is 1.68. The number of benzene rings is 1. The fraction of sp³-hybridized carbons (Fsp3) is 0.421. The predicted octanol–water partition coefficient (Wildman–Crippen LogP) is 3.33. The molecule has 10 nitrogen and oxygen atoms in total. The summed E-state index contributed by atoms with van der Waals surface area (Å²) >= 11 is 6.08. The molecule has 3 aromatic rings. The number of nitrogens with zero attached hydrogens (tertiary/aromatic N) is 5. The summed E-state index contributed by atoms with van der Waals surface area (Å²) in [6, 6.07) is 4.30. The van der Waals surface area contributed by atoms with Gasteiger partial charge in [0.1, 0.15) is 0 Å². The minimum atomic E-state index is -1.11. The Balaban J connectivity index is 2.06. The van der Waals surface area contributed by atoms with Crippen molar-refractivity contribution in [1.82, 2.24) is 25.0 Å². The molecule has 4 N–H and O–H groups in total.